The van der Waals surface area contributed by atoms with Crippen molar-refractivity contribution in [2.24, 2.45) is 0 Å². The zero-order valence-electron chi connectivity index (χ0n) is 14.9. The molecular weight excluding hydrogens is 358 g/mol. The number of carbonyl (C=O) groups is 2. The number of esters is 2. The predicted molar refractivity (Wildman–Crippen MR) is 93.2 cm³/mol. The van der Waals surface area contributed by atoms with Gasteiger partial charge in [0.05, 0.1) is 17.1 Å². The van der Waals surface area contributed by atoms with Crippen molar-refractivity contribution in [2.75, 3.05) is 13.2 Å². The Bertz CT molecular complexity index is 819. The Morgan fingerprint density at radius 1 is 1.27 bits per heavy atom. The van der Waals surface area contributed by atoms with Gasteiger partial charge in [0.15, 0.2) is 0 Å². The van der Waals surface area contributed by atoms with Crippen molar-refractivity contribution in [2.45, 2.75) is 56.6 Å². The zero-order valence-corrected chi connectivity index (χ0v) is 15.8. The average molecular weight is 381 g/mol. The van der Waals surface area contributed by atoms with Gasteiger partial charge in [-0.2, -0.15) is 4.31 Å². The molecule has 2 atom stereocenters. The van der Waals surface area contributed by atoms with E-state index in [4.69, 9.17) is 9.47 Å². The summed E-state index contributed by atoms with van der Waals surface area (Å²) < 4.78 is 37.4. The van der Waals surface area contributed by atoms with Gasteiger partial charge in [0.2, 0.25) is 16.1 Å². The van der Waals surface area contributed by atoms with Gasteiger partial charge in [-0.3, -0.25) is 0 Å². The summed E-state index contributed by atoms with van der Waals surface area (Å²) in [6, 6.07) is 4.37. The topological polar surface area (TPSA) is 90.0 Å². The summed E-state index contributed by atoms with van der Waals surface area (Å²) in [5.41, 5.74) is 0.738. The molecule has 0 aliphatic carbocycles. The van der Waals surface area contributed by atoms with Crippen LogP contribution in [0, 0.1) is 6.92 Å². The van der Waals surface area contributed by atoms with E-state index in [1.54, 1.807) is 13.0 Å². The van der Waals surface area contributed by atoms with E-state index < -0.39 is 28.1 Å². The fourth-order valence-electron chi connectivity index (χ4n) is 3.32. The third-order valence-corrected chi connectivity index (χ3v) is 6.92. The average Bonchev–Trinajstić information content (AvgIpc) is 3.00. The van der Waals surface area contributed by atoms with Gasteiger partial charge >= 0.3 is 11.9 Å². The predicted octanol–water partition coefficient (Wildman–Crippen LogP) is 2.03. The molecule has 0 N–H and O–H groups in total. The molecule has 2 heterocycles. The Hall–Kier alpha value is -1.93. The molecule has 2 aliphatic heterocycles. The molecule has 7 nitrogen and oxygen atoms in total. The molecule has 2 unspecified atom stereocenters. The molecule has 2 saturated heterocycles. The van der Waals surface area contributed by atoms with E-state index in [0.717, 1.165) is 19.3 Å². The van der Waals surface area contributed by atoms with Crippen LogP contribution in [-0.4, -0.2) is 50.0 Å². The van der Waals surface area contributed by atoms with Crippen LogP contribution in [0.1, 0.15) is 48.5 Å². The summed E-state index contributed by atoms with van der Waals surface area (Å²) in [5, 5.41) is 0. The number of hydrogen-bond acceptors (Lipinski definition) is 6. The summed E-state index contributed by atoms with van der Waals surface area (Å²) in [7, 11) is -3.69. The molecule has 0 radical (unpaired) electrons. The van der Waals surface area contributed by atoms with Gasteiger partial charge < -0.3 is 9.47 Å². The first kappa shape index (κ1) is 18.8. The Kier molecular flexibility index (Phi) is 5.34. The number of sulfonamides is 1. The first-order valence-corrected chi connectivity index (χ1v) is 10.2. The first-order chi connectivity index (χ1) is 12.3. The highest BCUT2D eigenvalue weighted by Gasteiger charge is 2.33. The number of hydrogen-bond donors (Lipinski definition) is 0. The summed E-state index contributed by atoms with van der Waals surface area (Å²) in [5.74, 6) is -1.28. The normalized spacial score (nSPS) is 24.3. The third-order valence-electron chi connectivity index (χ3n) is 4.91. The van der Waals surface area contributed by atoms with E-state index in [2.05, 4.69) is 0 Å². The fraction of sp³-hybridized carbons (Fsp3) is 0.556. The number of ether oxygens (including phenoxy) is 2. The van der Waals surface area contributed by atoms with Crippen LogP contribution in [-0.2, 0) is 24.3 Å². The first-order valence-electron chi connectivity index (χ1n) is 8.81. The van der Waals surface area contributed by atoms with E-state index >= 15 is 0 Å². The lowest BCUT2D eigenvalue weighted by Crippen LogP contribution is -2.42. The minimum atomic E-state index is -3.69. The van der Waals surface area contributed by atoms with Crippen molar-refractivity contribution in [3.05, 3.63) is 29.3 Å². The number of cyclic esters (lactones) is 1. The van der Waals surface area contributed by atoms with E-state index in [1.807, 2.05) is 6.92 Å². The van der Waals surface area contributed by atoms with Crippen LogP contribution in [0.5, 0.6) is 0 Å². The molecule has 0 spiro atoms. The number of benzene rings is 1. The molecule has 1 aromatic carbocycles. The number of carbonyl (C=O) groups excluding carboxylic acids is 2. The van der Waals surface area contributed by atoms with Crippen LogP contribution < -0.4 is 0 Å². The Morgan fingerprint density at radius 2 is 2.04 bits per heavy atom. The molecule has 1 aromatic rings. The maximum atomic E-state index is 13.0. The second-order valence-electron chi connectivity index (χ2n) is 6.79. The Morgan fingerprint density at radius 3 is 2.69 bits per heavy atom. The maximum absolute atomic E-state index is 13.0. The van der Waals surface area contributed by atoms with Crippen LogP contribution in [0.4, 0.5) is 0 Å². The van der Waals surface area contributed by atoms with Crippen molar-refractivity contribution in [3.63, 3.8) is 0 Å². The standard InChI is InChI=1S/C18H23NO6S/c1-12-6-7-14(26(22,23)19-9-4-3-5-13(19)2)11-15(12)17(20)25-16-8-10-24-18(16)21/h6-7,11,13,16H,3-5,8-10H2,1-2H3. The van der Waals surface area contributed by atoms with Crippen LogP contribution in [0.2, 0.25) is 0 Å². The van der Waals surface area contributed by atoms with Crippen LogP contribution in [0.3, 0.4) is 0 Å². The van der Waals surface area contributed by atoms with E-state index in [0.29, 0.717) is 18.5 Å². The molecule has 26 heavy (non-hydrogen) atoms. The lowest BCUT2D eigenvalue weighted by atomic mass is 10.1. The Labute approximate surface area is 153 Å². The minimum Gasteiger partial charge on any atom is -0.463 e. The maximum Gasteiger partial charge on any atom is 0.347 e. The van der Waals surface area contributed by atoms with Gasteiger partial charge in [-0.25, -0.2) is 18.0 Å². The van der Waals surface area contributed by atoms with Gasteiger partial charge in [0.1, 0.15) is 0 Å². The zero-order chi connectivity index (χ0) is 18.9. The molecule has 8 heteroatoms. The van der Waals surface area contributed by atoms with E-state index in [1.165, 1.54) is 16.4 Å². The van der Waals surface area contributed by atoms with Crippen molar-refractivity contribution in [3.8, 4) is 0 Å². The fourth-order valence-corrected chi connectivity index (χ4v) is 5.05. The summed E-state index contributed by atoms with van der Waals surface area (Å²) >= 11 is 0. The highest BCUT2D eigenvalue weighted by molar-refractivity contribution is 7.89. The third kappa shape index (κ3) is 3.61. The van der Waals surface area contributed by atoms with Crippen LogP contribution in [0.15, 0.2) is 23.1 Å². The largest absolute Gasteiger partial charge is 0.463 e. The highest BCUT2D eigenvalue weighted by Crippen LogP contribution is 2.27. The second kappa shape index (κ2) is 7.36. The van der Waals surface area contributed by atoms with Crippen molar-refractivity contribution < 1.29 is 27.5 Å². The van der Waals surface area contributed by atoms with Gasteiger partial charge in [-0.1, -0.05) is 12.5 Å². The number of aryl methyl sites for hydroxylation is 1. The molecule has 0 bridgehead atoms. The second-order valence-corrected chi connectivity index (χ2v) is 8.68. The van der Waals surface area contributed by atoms with Gasteiger partial charge in [-0.05, 0) is 44.4 Å². The van der Waals surface area contributed by atoms with Crippen LogP contribution in [0.25, 0.3) is 0 Å². The van der Waals surface area contributed by atoms with Gasteiger partial charge in [0.25, 0.3) is 0 Å². The lowest BCUT2D eigenvalue weighted by molar-refractivity contribution is -0.145. The molecule has 0 amide bonds. The number of piperidine rings is 1. The monoisotopic (exact) mass is 381 g/mol. The smallest absolute Gasteiger partial charge is 0.347 e. The lowest BCUT2D eigenvalue weighted by Gasteiger charge is -2.32. The number of rotatable bonds is 4. The van der Waals surface area contributed by atoms with Crippen molar-refractivity contribution >= 4 is 22.0 Å². The summed E-state index contributed by atoms with van der Waals surface area (Å²) in [4.78, 5) is 24.0. The summed E-state index contributed by atoms with van der Waals surface area (Å²) in [6.07, 6.45) is 2.05. The molecule has 142 valence electrons. The van der Waals surface area contributed by atoms with E-state index in [-0.39, 0.29) is 23.1 Å². The quantitative estimate of drug-likeness (QED) is 0.742. The van der Waals surface area contributed by atoms with E-state index in [9.17, 15) is 18.0 Å². The van der Waals surface area contributed by atoms with Gasteiger partial charge in [-0.15, -0.1) is 0 Å². The molecule has 2 aliphatic rings. The molecule has 0 saturated carbocycles. The highest BCUT2D eigenvalue weighted by atomic mass is 32.2. The minimum absolute atomic E-state index is 0.0674. The Balaban J connectivity index is 1.87. The van der Waals surface area contributed by atoms with Crippen molar-refractivity contribution in [1.82, 2.24) is 4.31 Å². The summed E-state index contributed by atoms with van der Waals surface area (Å²) in [6.45, 7) is 4.29. The molecule has 3 rings (SSSR count). The SMILES string of the molecule is Cc1ccc(S(=O)(=O)N2CCCCC2C)cc1C(=O)OC1CCOC1=O. The number of nitrogens with zero attached hydrogens (tertiary/aromatic N) is 1. The molecule has 0 aromatic heterocycles. The molecule has 2 fully saturated rings. The van der Waals surface area contributed by atoms with Crippen LogP contribution >= 0.6 is 0 Å². The molecular formula is C18H23NO6S. The van der Waals surface area contributed by atoms with Crippen molar-refractivity contribution in [1.29, 1.82) is 0 Å². The van der Waals surface area contributed by atoms with Gasteiger partial charge in [0, 0.05) is 19.0 Å².